The lowest BCUT2D eigenvalue weighted by atomic mass is 10.1. The Morgan fingerprint density at radius 3 is 2.83 bits per heavy atom. The summed E-state index contributed by atoms with van der Waals surface area (Å²) in [6.07, 6.45) is 0.152. The minimum Gasteiger partial charge on any atom is -0.481 e. The number of nitrogens with one attached hydrogen (secondary N) is 1. The molecular weight excluding hydrogens is 340 g/mol. The predicted molar refractivity (Wildman–Crippen MR) is 89.9 cm³/mol. The highest BCUT2D eigenvalue weighted by molar-refractivity contribution is 7.99. The van der Waals surface area contributed by atoms with Crippen LogP contribution in [-0.2, 0) is 14.4 Å². The summed E-state index contributed by atoms with van der Waals surface area (Å²) in [5, 5.41) is 11.7. The predicted octanol–water partition coefficient (Wildman–Crippen LogP) is 1.63. The van der Waals surface area contributed by atoms with Crippen LogP contribution in [0.4, 0.5) is 5.69 Å². The molecule has 1 fully saturated rings. The van der Waals surface area contributed by atoms with Gasteiger partial charge in [0, 0.05) is 25.3 Å². The first-order valence-corrected chi connectivity index (χ1v) is 8.64. The van der Waals surface area contributed by atoms with Crippen LogP contribution in [0.3, 0.4) is 0 Å². The number of para-hydroxylation sites is 1. The van der Waals surface area contributed by atoms with Crippen molar-refractivity contribution in [3.05, 3.63) is 29.3 Å². The van der Waals surface area contributed by atoms with E-state index in [1.54, 1.807) is 24.3 Å². The second kappa shape index (κ2) is 8.21. The van der Waals surface area contributed by atoms with Gasteiger partial charge in [-0.05, 0) is 12.1 Å². The van der Waals surface area contributed by atoms with Crippen molar-refractivity contribution < 1.29 is 19.5 Å². The molecule has 1 saturated heterocycles. The summed E-state index contributed by atoms with van der Waals surface area (Å²) in [5.74, 6) is -1.07. The molecule has 1 aromatic carbocycles. The SMILES string of the molecule is O=C(O)CSCCNC(=O)C1CC(=O)N(c2ccccc2Cl)C1. The topological polar surface area (TPSA) is 86.7 Å². The molecular formula is C15H17ClN2O4S. The molecule has 1 aliphatic rings. The van der Waals surface area contributed by atoms with Crippen LogP contribution in [0, 0.1) is 5.92 Å². The van der Waals surface area contributed by atoms with Crippen LogP contribution >= 0.6 is 23.4 Å². The van der Waals surface area contributed by atoms with Crippen LogP contribution in [0.2, 0.25) is 5.02 Å². The molecule has 8 heteroatoms. The van der Waals surface area contributed by atoms with E-state index in [9.17, 15) is 14.4 Å². The van der Waals surface area contributed by atoms with Crippen LogP contribution in [0.25, 0.3) is 0 Å². The number of hydrogen-bond acceptors (Lipinski definition) is 4. The van der Waals surface area contributed by atoms with Gasteiger partial charge in [-0.15, -0.1) is 11.8 Å². The monoisotopic (exact) mass is 356 g/mol. The number of nitrogens with zero attached hydrogens (tertiary/aromatic N) is 1. The summed E-state index contributed by atoms with van der Waals surface area (Å²) in [7, 11) is 0. The number of benzene rings is 1. The molecule has 0 spiro atoms. The number of carbonyl (C=O) groups excluding carboxylic acids is 2. The number of amides is 2. The molecule has 6 nitrogen and oxygen atoms in total. The first kappa shape index (κ1) is 17.6. The van der Waals surface area contributed by atoms with Crippen molar-refractivity contribution in [2.24, 2.45) is 5.92 Å². The van der Waals surface area contributed by atoms with Crippen LogP contribution in [0.5, 0.6) is 0 Å². The Labute approximate surface area is 143 Å². The minimum absolute atomic E-state index is 0.0120. The van der Waals surface area contributed by atoms with E-state index in [4.69, 9.17) is 16.7 Å². The molecule has 2 amide bonds. The van der Waals surface area contributed by atoms with Crippen molar-refractivity contribution in [2.45, 2.75) is 6.42 Å². The van der Waals surface area contributed by atoms with Crippen molar-refractivity contribution in [3.8, 4) is 0 Å². The number of thioether (sulfide) groups is 1. The molecule has 1 aromatic rings. The first-order valence-electron chi connectivity index (χ1n) is 7.11. The van der Waals surface area contributed by atoms with Gasteiger partial charge in [0.2, 0.25) is 11.8 Å². The fraction of sp³-hybridized carbons (Fsp3) is 0.400. The Morgan fingerprint density at radius 1 is 1.39 bits per heavy atom. The van der Waals surface area contributed by atoms with E-state index in [1.807, 2.05) is 0 Å². The third-order valence-electron chi connectivity index (χ3n) is 3.41. The molecule has 1 heterocycles. The Morgan fingerprint density at radius 2 is 2.13 bits per heavy atom. The lowest BCUT2D eigenvalue weighted by Crippen LogP contribution is -2.34. The van der Waals surface area contributed by atoms with Crippen molar-refractivity contribution in [2.75, 3.05) is 29.5 Å². The average Bonchev–Trinajstić information content (AvgIpc) is 2.89. The fourth-order valence-corrected chi connectivity index (χ4v) is 3.14. The third-order valence-corrected chi connectivity index (χ3v) is 4.67. The fourth-order valence-electron chi connectivity index (χ4n) is 2.34. The Hall–Kier alpha value is -1.73. The maximum absolute atomic E-state index is 12.1. The van der Waals surface area contributed by atoms with Gasteiger partial charge in [0.25, 0.3) is 0 Å². The third kappa shape index (κ3) is 4.87. The van der Waals surface area contributed by atoms with Crippen molar-refractivity contribution in [1.82, 2.24) is 5.32 Å². The molecule has 1 unspecified atom stereocenters. The highest BCUT2D eigenvalue weighted by atomic mass is 35.5. The second-order valence-corrected chi connectivity index (χ2v) is 6.61. The summed E-state index contributed by atoms with van der Waals surface area (Å²) in [6, 6.07) is 7.03. The van der Waals surface area contributed by atoms with Gasteiger partial charge in [-0.25, -0.2) is 0 Å². The molecule has 124 valence electrons. The smallest absolute Gasteiger partial charge is 0.313 e. The average molecular weight is 357 g/mol. The van der Waals surface area contributed by atoms with Crippen molar-refractivity contribution >= 4 is 46.8 Å². The molecule has 1 aliphatic heterocycles. The summed E-state index contributed by atoms with van der Waals surface area (Å²) >= 11 is 7.33. The van der Waals surface area contributed by atoms with E-state index in [-0.39, 0.29) is 24.0 Å². The molecule has 0 aromatic heterocycles. The Balaban J connectivity index is 1.84. The van der Waals surface area contributed by atoms with Crippen LogP contribution in [0.1, 0.15) is 6.42 Å². The zero-order valence-corrected chi connectivity index (χ0v) is 13.9. The van der Waals surface area contributed by atoms with Crippen molar-refractivity contribution in [1.29, 1.82) is 0 Å². The van der Waals surface area contributed by atoms with E-state index in [0.29, 0.717) is 29.6 Å². The number of rotatable bonds is 7. The Bertz CT molecular complexity index is 611. The molecule has 0 aliphatic carbocycles. The lowest BCUT2D eigenvalue weighted by molar-refractivity contribution is -0.134. The van der Waals surface area contributed by atoms with Gasteiger partial charge in [0.15, 0.2) is 0 Å². The summed E-state index contributed by atoms with van der Waals surface area (Å²) in [5.41, 5.74) is 0.617. The minimum atomic E-state index is -0.877. The lowest BCUT2D eigenvalue weighted by Gasteiger charge is -2.18. The maximum Gasteiger partial charge on any atom is 0.313 e. The number of hydrogen-bond donors (Lipinski definition) is 2. The van der Waals surface area contributed by atoms with Crippen molar-refractivity contribution in [3.63, 3.8) is 0 Å². The van der Waals surface area contributed by atoms with Gasteiger partial charge >= 0.3 is 5.97 Å². The number of halogens is 1. The van der Waals surface area contributed by atoms with Gasteiger partial charge in [0.1, 0.15) is 0 Å². The zero-order chi connectivity index (χ0) is 16.8. The van der Waals surface area contributed by atoms with E-state index in [0.717, 1.165) is 0 Å². The molecule has 0 bridgehead atoms. The molecule has 0 saturated carbocycles. The van der Waals surface area contributed by atoms with Gasteiger partial charge in [-0.3, -0.25) is 14.4 Å². The van der Waals surface area contributed by atoms with E-state index in [1.165, 1.54) is 16.7 Å². The number of carboxylic acid groups (broad SMARTS) is 1. The van der Waals surface area contributed by atoms with Crippen LogP contribution in [0.15, 0.2) is 24.3 Å². The summed E-state index contributed by atoms with van der Waals surface area (Å²) in [4.78, 5) is 36.1. The number of anilines is 1. The normalized spacial score (nSPS) is 17.3. The Kier molecular flexibility index (Phi) is 6.29. The standard InChI is InChI=1S/C15H17ClN2O4S/c16-11-3-1-2-4-12(11)18-8-10(7-13(18)19)15(22)17-5-6-23-9-14(20)21/h1-4,10H,5-9H2,(H,17,22)(H,20,21). The zero-order valence-electron chi connectivity index (χ0n) is 12.3. The van der Waals surface area contributed by atoms with Crippen LogP contribution < -0.4 is 10.2 Å². The summed E-state index contributed by atoms with van der Waals surface area (Å²) < 4.78 is 0. The number of aliphatic carboxylic acids is 1. The molecule has 2 N–H and O–H groups in total. The molecule has 1 atom stereocenters. The van der Waals surface area contributed by atoms with Gasteiger partial charge in [-0.2, -0.15) is 0 Å². The van der Waals surface area contributed by atoms with Crippen LogP contribution in [-0.4, -0.2) is 47.5 Å². The highest BCUT2D eigenvalue weighted by Gasteiger charge is 2.35. The largest absolute Gasteiger partial charge is 0.481 e. The van der Waals surface area contributed by atoms with E-state index >= 15 is 0 Å². The molecule has 2 rings (SSSR count). The first-order chi connectivity index (χ1) is 11.0. The van der Waals surface area contributed by atoms with Gasteiger partial charge < -0.3 is 15.3 Å². The number of carboxylic acids is 1. The van der Waals surface area contributed by atoms with Gasteiger partial charge in [-0.1, -0.05) is 23.7 Å². The molecule has 23 heavy (non-hydrogen) atoms. The number of carbonyl (C=O) groups is 3. The maximum atomic E-state index is 12.1. The van der Waals surface area contributed by atoms with E-state index < -0.39 is 11.9 Å². The highest BCUT2D eigenvalue weighted by Crippen LogP contribution is 2.30. The quantitative estimate of drug-likeness (QED) is 0.725. The van der Waals surface area contributed by atoms with Gasteiger partial charge in [0.05, 0.1) is 22.4 Å². The van der Waals surface area contributed by atoms with E-state index in [2.05, 4.69) is 5.32 Å². The summed E-state index contributed by atoms with van der Waals surface area (Å²) in [6.45, 7) is 0.685. The molecule has 0 radical (unpaired) electrons. The second-order valence-electron chi connectivity index (χ2n) is 5.09.